The van der Waals surface area contributed by atoms with E-state index >= 15 is 0 Å². The SMILES string of the molecule is COC(=O)C(C)CSCC(=O)NC(C)c1ccc(F)cc1. The van der Waals surface area contributed by atoms with Gasteiger partial charge in [0.2, 0.25) is 5.91 Å². The second-order valence-corrected chi connectivity index (χ2v) is 5.81. The molecule has 0 saturated carbocycles. The van der Waals surface area contributed by atoms with E-state index in [1.807, 2.05) is 6.92 Å². The number of hydrogen-bond acceptors (Lipinski definition) is 4. The van der Waals surface area contributed by atoms with Crippen molar-refractivity contribution < 1.29 is 18.7 Å². The van der Waals surface area contributed by atoms with Crippen LogP contribution in [0, 0.1) is 11.7 Å². The van der Waals surface area contributed by atoms with Crippen molar-refractivity contribution in [3.8, 4) is 0 Å². The lowest BCUT2D eigenvalue weighted by Crippen LogP contribution is -2.28. The van der Waals surface area contributed by atoms with Gasteiger partial charge in [0, 0.05) is 5.75 Å². The van der Waals surface area contributed by atoms with Gasteiger partial charge in [0.25, 0.3) is 0 Å². The van der Waals surface area contributed by atoms with Crippen molar-refractivity contribution in [1.82, 2.24) is 5.32 Å². The van der Waals surface area contributed by atoms with Crippen LogP contribution in [0.3, 0.4) is 0 Å². The molecule has 1 aromatic carbocycles. The normalized spacial score (nSPS) is 13.3. The lowest BCUT2D eigenvalue weighted by atomic mass is 10.1. The van der Waals surface area contributed by atoms with Gasteiger partial charge in [-0.25, -0.2) is 4.39 Å². The fourth-order valence-corrected chi connectivity index (χ4v) is 2.59. The zero-order valence-electron chi connectivity index (χ0n) is 12.4. The molecule has 116 valence electrons. The number of amides is 1. The molecule has 0 aromatic heterocycles. The first-order valence-corrected chi connectivity index (χ1v) is 7.80. The molecule has 1 N–H and O–H groups in total. The second-order valence-electron chi connectivity index (χ2n) is 4.78. The Bertz CT molecular complexity index is 478. The molecule has 0 aliphatic heterocycles. The van der Waals surface area contributed by atoms with Gasteiger partial charge in [0.05, 0.1) is 24.8 Å². The third-order valence-electron chi connectivity index (χ3n) is 2.95. The summed E-state index contributed by atoms with van der Waals surface area (Å²) in [7, 11) is 1.35. The van der Waals surface area contributed by atoms with E-state index in [4.69, 9.17) is 0 Å². The minimum absolute atomic E-state index is 0.117. The van der Waals surface area contributed by atoms with Crippen molar-refractivity contribution in [3.05, 3.63) is 35.6 Å². The molecule has 1 aromatic rings. The van der Waals surface area contributed by atoms with Gasteiger partial charge in [-0.3, -0.25) is 9.59 Å². The number of hydrogen-bond donors (Lipinski definition) is 1. The first kappa shape index (κ1) is 17.5. The highest BCUT2D eigenvalue weighted by atomic mass is 32.2. The number of benzene rings is 1. The van der Waals surface area contributed by atoms with Gasteiger partial charge in [-0.15, -0.1) is 0 Å². The summed E-state index contributed by atoms with van der Waals surface area (Å²) in [5.74, 6) is -0.124. The predicted molar refractivity (Wildman–Crippen MR) is 81.5 cm³/mol. The van der Waals surface area contributed by atoms with Crippen molar-refractivity contribution in [2.24, 2.45) is 5.92 Å². The average molecular weight is 313 g/mol. The molecule has 21 heavy (non-hydrogen) atoms. The van der Waals surface area contributed by atoms with E-state index in [0.717, 1.165) is 5.56 Å². The van der Waals surface area contributed by atoms with Crippen LogP contribution in [-0.4, -0.2) is 30.5 Å². The van der Waals surface area contributed by atoms with E-state index < -0.39 is 0 Å². The van der Waals surface area contributed by atoms with Crippen molar-refractivity contribution in [2.45, 2.75) is 19.9 Å². The maximum absolute atomic E-state index is 12.8. The first-order valence-electron chi connectivity index (χ1n) is 6.64. The van der Waals surface area contributed by atoms with Crippen molar-refractivity contribution in [2.75, 3.05) is 18.6 Å². The maximum Gasteiger partial charge on any atom is 0.309 e. The van der Waals surface area contributed by atoms with Crippen LogP contribution in [0.5, 0.6) is 0 Å². The number of methoxy groups -OCH3 is 1. The summed E-state index contributed by atoms with van der Waals surface area (Å²) in [6.45, 7) is 3.60. The molecule has 2 atom stereocenters. The molecular formula is C15H20FNO3S. The average Bonchev–Trinajstić information content (AvgIpc) is 2.46. The summed E-state index contributed by atoms with van der Waals surface area (Å²) in [4.78, 5) is 23.0. The van der Waals surface area contributed by atoms with Crippen LogP contribution in [-0.2, 0) is 14.3 Å². The number of thioether (sulfide) groups is 1. The Labute approximate surface area is 128 Å². The van der Waals surface area contributed by atoms with Gasteiger partial charge >= 0.3 is 5.97 Å². The molecule has 0 bridgehead atoms. The quantitative estimate of drug-likeness (QED) is 0.786. The fraction of sp³-hybridized carbons (Fsp3) is 0.467. The lowest BCUT2D eigenvalue weighted by molar-refractivity contribution is -0.144. The Hall–Kier alpha value is -1.56. The van der Waals surface area contributed by atoms with E-state index in [-0.39, 0.29) is 35.4 Å². The van der Waals surface area contributed by atoms with Crippen molar-refractivity contribution in [3.63, 3.8) is 0 Å². The lowest BCUT2D eigenvalue weighted by Gasteiger charge is -2.14. The summed E-state index contributed by atoms with van der Waals surface area (Å²) in [5, 5.41) is 2.83. The fourth-order valence-electron chi connectivity index (χ4n) is 1.72. The van der Waals surface area contributed by atoms with Crippen LogP contribution in [0.4, 0.5) is 4.39 Å². The highest BCUT2D eigenvalue weighted by Gasteiger charge is 2.14. The molecule has 0 saturated heterocycles. The molecule has 0 aliphatic rings. The maximum atomic E-state index is 12.8. The van der Waals surface area contributed by atoms with Crippen LogP contribution in [0.15, 0.2) is 24.3 Å². The summed E-state index contributed by atoms with van der Waals surface area (Å²) in [5.41, 5.74) is 0.845. The van der Waals surface area contributed by atoms with Crippen LogP contribution in [0.1, 0.15) is 25.5 Å². The van der Waals surface area contributed by atoms with Gasteiger partial charge in [-0.05, 0) is 24.6 Å². The largest absolute Gasteiger partial charge is 0.469 e. The van der Waals surface area contributed by atoms with E-state index in [1.54, 1.807) is 19.1 Å². The Morgan fingerprint density at radius 3 is 2.48 bits per heavy atom. The summed E-state index contributed by atoms with van der Waals surface area (Å²) in [6, 6.07) is 5.84. The molecule has 0 spiro atoms. The summed E-state index contributed by atoms with van der Waals surface area (Å²) in [6.07, 6.45) is 0. The minimum atomic E-state index is -0.301. The molecule has 1 amide bonds. The number of ether oxygens (including phenoxy) is 1. The Kier molecular flexibility index (Phi) is 7.22. The molecule has 4 nitrogen and oxygen atoms in total. The number of halogens is 1. The van der Waals surface area contributed by atoms with E-state index in [0.29, 0.717) is 5.75 Å². The molecule has 6 heteroatoms. The highest BCUT2D eigenvalue weighted by molar-refractivity contribution is 7.99. The number of carbonyl (C=O) groups excluding carboxylic acids is 2. The second kappa shape index (κ2) is 8.67. The van der Waals surface area contributed by atoms with Crippen LogP contribution in [0.2, 0.25) is 0 Å². The number of carbonyl (C=O) groups is 2. The molecule has 2 unspecified atom stereocenters. The number of esters is 1. The van der Waals surface area contributed by atoms with Gasteiger partial charge in [-0.2, -0.15) is 11.8 Å². The van der Waals surface area contributed by atoms with Crippen LogP contribution < -0.4 is 5.32 Å². The zero-order valence-corrected chi connectivity index (χ0v) is 13.2. The van der Waals surface area contributed by atoms with Crippen LogP contribution in [0.25, 0.3) is 0 Å². The van der Waals surface area contributed by atoms with E-state index in [2.05, 4.69) is 10.1 Å². The third kappa shape index (κ3) is 6.16. The minimum Gasteiger partial charge on any atom is -0.469 e. The first-order chi connectivity index (χ1) is 9.93. The molecule has 0 heterocycles. The van der Waals surface area contributed by atoms with Gasteiger partial charge in [-0.1, -0.05) is 19.1 Å². The third-order valence-corrected chi connectivity index (χ3v) is 4.15. The monoisotopic (exact) mass is 313 g/mol. The van der Waals surface area contributed by atoms with Crippen molar-refractivity contribution in [1.29, 1.82) is 0 Å². The Morgan fingerprint density at radius 2 is 1.90 bits per heavy atom. The topological polar surface area (TPSA) is 55.4 Å². The molecule has 1 rings (SSSR count). The van der Waals surface area contributed by atoms with Gasteiger partial charge in [0.15, 0.2) is 0 Å². The molecular weight excluding hydrogens is 293 g/mol. The Balaban J connectivity index is 2.33. The molecule has 0 aliphatic carbocycles. The smallest absolute Gasteiger partial charge is 0.309 e. The Morgan fingerprint density at radius 1 is 1.29 bits per heavy atom. The summed E-state index contributed by atoms with van der Waals surface area (Å²) >= 11 is 1.38. The summed E-state index contributed by atoms with van der Waals surface area (Å²) < 4.78 is 17.4. The standard InChI is InChI=1S/C15H20FNO3S/c1-10(15(19)20-3)8-21-9-14(18)17-11(2)12-4-6-13(16)7-5-12/h4-7,10-11H,8-9H2,1-3H3,(H,17,18). The predicted octanol–water partition coefficient (Wildman–Crippen LogP) is 2.55. The zero-order chi connectivity index (χ0) is 15.8. The molecule has 0 radical (unpaired) electrons. The van der Waals surface area contributed by atoms with Crippen molar-refractivity contribution >= 4 is 23.6 Å². The number of nitrogens with one attached hydrogen (secondary N) is 1. The van der Waals surface area contributed by atoms with Crippen LogP contribution >= 0.6 is 11.8 Å². The highest BCUT2D eigenvalue weighted by Crippen LogP contribution is 2.14. The van der Waals surface area contributed by atoms with E-state index in [1.165, 1.54) is 31.0 Å². The van der Waals surface area contributed by atoms with Gasteiger partial charge in [0.1, 0.15) is 5.82 Å². The molecule has 0 fully saturated rings. The van der Waals surface area contributed by atoms with E-state index in [9.17, 15) is 14.0 Å². The number of rotatable bonds is 7. The van der Waals surface area contributed by atoms with Gasteiger partial charge < -0.3 is 10.1 Å².